The molecule has 2 fully saturated rings. The molecule has 1 atom stereocenters. The van der Waals surface area contributed by atoms with Crippen LogP contribution in [0.4, 0.5) is 0 Å². The summed E-state index contributed by atoms with van der Waals surface area (Å²) in [6, 6.07) is 12.6. The van der Waals surface area contributed by atoms with Crippen molar-refractivity contribution in [2.45, 2.75) is 57.8 Å². The van der Waals surface area contributed by atoms with Crippen molar-refractivity contribution in [3.8, 4) is 0 Å². The Labute approximate surface area is 169 Å². The second kappa shape index (κ2) is 8.95. The highest BCUT2D eigenvalue weighted by Crippen LogP contribution is 2.25. The second-order valence-electron chi connectivity index (χ2n) is 8.88. The first-order valence-electron chi connectivity index (χ1n) is 11.0. The largest absolute Gasteiger partial charge is 0.396 e. The lowest BCUT2D eigenvalue weighted by molar-refractivity contribution is -0.000284. The number of benzene rings is 1. The fraction of sp³-hybridized carbons (Fsp3) is 0.652. The molecule has 2 aliphatic rings. The average Bonchev–Trinajstić information content (AvgIpc) is 3.11. The molecule has 0 bridgehead atoms. The molecule has 1 aromatic heterocycles. The Bertz CT molecular complexity index is 717. The number of H-pyrrole nitrogens is 1. The molecule has 2 aromatic rings. The van der Waals surface area contributed by atoms with Crippen LogP contribution >= 0.6 is 0 Å². The molecule has 154 valence electrons. The highest BCUT2D eigenvalue weighted by molar-refractivity contribution is 5.80. The van der Waals surface area contributed by atoms with Crippen LogP contribution in [0.2, 0.25) is 0 Å². The van der Waals surface area contributed by atoms with E-state index in [1.54, 1.807) is 0 Å². The Kier molecular flexibility index (Phi) is 6.36. The van der Waals surface area contributed by atoms with Crippen molar-refractivity contribution in [3.63, 3.8) is 0 Å². The summed E-state index contributed by atoms with van der Waals surface area (Å²) in [5, 5.41) is 11.0. The molecule has 5 nitrogen and oxygen atoms in total. The lowest BCUT2D eigenvalue weighted by Crippen LogP contribution is -2.58. The average molecular weight is 385 g/mol. The summed E-state index contributed by atoms with van der Waals surface area (Å²) in [7, 11) is 0. The van der Waals surface area contributed by atoms with Crippen molar-refractivity contribution in [1.29, 1.82) is 0 Å². The molecular weight excluding hydrogens is 348 g/mol. The maximum atomic E-state index is 9.66. The number of aromatic nitrogens is 1. The predicted octanol–water partition coefficient (Wildman–Crippen LogP) is 2.91. The van der Waals surface area contributed by atoms with Crippen molar-refractivity contribution >= 4 is 10.9 Å². The van der Waals surface area contributed by atoms with E-state index in [4.69, 9.17) is 0 Å². The summed E-state index contributed by atoms with van der Waals surface area (Å²) >= 11 is 0. The van der Waals surface area contributed by atoms with Crippen molar-refractivity contribution < 1.29 is 5.11 Å². The smallest absolute Gasteiger partial charge is 0.0456 e. The van der Waals surface area contributed by atoms with Crippen molar-refractivity contribution in [2.24, 2.45) is 0 Å². The fourth-order valence-corrected chi connectivity index (χ4v) is 5.16. The third-order valence-corrected chi connectivity index (χ3v) is 6.75. The summed E-state index contributed by atoms with van der Waals surface area (Å²) < 4.78 is 0. The van der Waals surface area contributed by atoms with Crippen LogP contribution in [0.15, 0.2) is 30.3 Å². The number of nitrogens with one attached hydrogen (secondary N) is 1. The van der Waals surface area contributed by atoms with Crippen molar-refractivity contribution in [2.75, 3.05) is 39.3 Å². The number of aliphatic hydroxyl groups is 1. The number of aliphatic hydroxyl groups excluding tert-OH is 1. The molecule has 2 saturated heterocycles. The Morgan fingerprint density at radius 2 is 1.89 bits per heavy atom. The topological polar surface area (TPSA) is 45.7 Å². The SMILES string of the molecule is CC(C)N1CCC(N2CCN(Cc3cc4ccccc4[nH]3)C[C@@H]2CCO)CC1. The summed E-state index contributed by atoms with van der Waals surface area (Å²) in [5.74, 6) is 0. The van der Waals surface area contributed by atoms with Gasteiger partial charge in [-0.1, -0.05) is 18.2 Å². The van der Waals surface area contributed by atoms with Gasteiger partial charge in [-0.05, 0) is 63.7 Å². The molecule has 3 heterocycles. The standard InChI is InChI=1S/C23H36N4O/c1-18(2)26-10-7-21(8-11-26)27-13-12-25(17-22(27)9-14-28)16-20-15-19-5-3-4-6-23(19)24-20/h3-6,15,18,21-22,24,28H,7-14,16-17H2,1-2H3/t22-/m0/s1. The van der Waals surface area contributed by atoms with Gasteiger partial charge in [0.15, 0.2) is 0 Å². The summed E-state index contributed by atoms with van der Waals surface area (Å²) in [4.78, 5) is 11.4. The van der Waals surface area contributed by atoms with Gasteiger partial charge in [-0.25, -0.2) is 0 Å². The van der Waals surface area contributed by atoms with Crippen LogP contribution in [0, 0.1) is 0 Å². The minimum Gasteiger partial charge on any atom is -0.396 e. The number of nitrogens with zero attached hydrogens (tertiary/aromatic N) is 3. The highest BCUT2D eigenvalue weighted by atomic mass is 16.3. The number of aromatic amines is 1. The first kappa shape index (κ1) is 19.9. The van der Waals surface area contributed by atoms with Gasteiger partial charge in [0.25, 0.3) is 0 Å². The van der Waals surface area contributed by atoms with Gasteiger partial charge in [-0.3, -0.25) is 9.80 Å². The van der Waals surface area contributed by atoms with Gasteiger partial charge >= 0.3 is 0 Å². The number of rotatable bonds is 6. The Morgan fingerprint density at radius 3 is 2.61 bits per heavy atom. The molecule has 0 radical (unpaired) electrons. The Hall–Kier alpha value is -1.40. The monoisotopic (exact) mass is 384 g/mol. The van der Waals surface area contributed by atoms with E-state index in [1.807, 2.05) is 0 Å². The van der Waals surface area contributed by atoms with Crippen LogP contribution in [-0.2, 0) is 6.54 Å². The van der Waals surface area contributed by atoms with E-state index in [-0.39, 0.29) is 6.61 Å². The molecule has 0 saturated carbocycles. The predicted molar refractivity (Wildman–Crippen MR) is 116 cm³/mol. The van der Waals surface area contributed by atoms with Crippen LogP contribution in [0.3, 0.4) is 0 Å². The maximum Gasteiger partial charge on any atom is 0.0456 e. The van der Waals surface area contributed by atoms with E-state index >= 15 is 0 Å². The Balaban J connectivity index is 1.37. The molecule has 2 aliphatic heterocycles. The second-order valence-corrected chi connectivity index (χ2v) is 8.88. The van der Waals surface area contributed by atoms with Crippen LogP contribution in [0.25, 0.3) is 10.9 Å². The summed E-state index contributed by atoms with van der Waals surface area (Å²) in [5.41, 5.74) is 2.52. The van der Waals surface area contributed by atoms with E-state index in [2.05, 4.69) is 63.9 Å². The molecule has 0 aliphatic carbocycles. The minimum atomic E-state index is 0.284. The van der Waals surface area contributed by atoms with Gasteiger partial charge in [0, 0.05) is 62.1 Å². The van der Waals surface area contributed by atoms with E-state index in [0.29, 0.717) is 18.1 Å². The quantitative estimate of drug-likeness (QED) is 0.804. The summed E-state index contributed by atoms with van der Waals surface area (Å²) in [6.45, 7) is 11.6. The van der Waals surface area contributed by atoms with Crippen LogP contribution in [0.5, 0.6) is 0 Å². The maximum absolute atomic E-state index is 9.66. The van der Waals surface area contributed by atoms with Gasteiger partial charge in [0.2, 0.25) is 0 Å². The molecule has 4 rings (SSSR count). The first-order valence-corrected chi connectivity index (χ1v) is 11.0. The van der Waals surface area contributed by atoms with Gasteiger partial charge in [-0.15, -0.1) is 0 Å². The number of fused-ring (bicyclic) bond motifs is 1. The number of piperazine rings is 1. The fourth-order valence-electron chi connectivity index (χ4n) is 5.16. The lowest BCUT2D eigenvalue weighted by atomic mass is 9.97. The van der Waals surface area contributed by atoms with E-state index in [1.165, 1.54) is 42.5 Å². The normalized spacial score (nSPS) is 23.8. The molecule has 0 unspecified atom stereocenters. The van der Waals surface area contributed by atoms with Crippen LogP contribution in [-0.4, -0.2) is 82.2 Å². The van der Waals surface area contributed by atoms with E-state index in [0.717, 1.165) is 32.6 Å². The number of likely N-dealkylation sites (tertiary alicyclic amines) is 1. The van der Waals surface area contributed by atoms with Crippen LogP contribution < -0.4 is 0 Å². The van der Waals surface area contributed by atoms with Gasteiger partial charge < -0.3 is 15.0 Å². The van der Waals surface area contributed by atoms with Crippen molar-refractivity contribution in [3.05, 3.63) is 36.0 Å². The molecule has 5 heteroatoms. The number of piperidine rings is 1. The first-order chi connectivity index (χ1) is 13.6. The third-order valence-electron chi connectivity index (χ3n) is 6.75. The van der Waals surface area contributed by atoms with Crippen molar-refractivity contribution in [1.82, 2.24) is 19.7 Å². The van der Waals surface area contributed by atoms with Gasteiger partial charge in [0.05, 0.1) is 0 Å². The van der Waals surface area contributed by atoms with Crippen LogP contribution in [0.1, 0.15) is 38.8 Å². The number of para-hydroxylation sites is 1. The highest BCUT2D eigenvalue weighted by Gasteiger charge is 2.33. The molecule has 0 spiro atoms. The molecule has 2 N–H and O–H groups in total. The Morgan fingerprint density at radius 1 is 1.11 bits per heavy atom. The zero-order valence-electron chi connectivity index (χ0n) is 17.5. The zero-order valence-corrected chi connectivity index (χ0v) is 17.5. The third kappa shape index (κ3) is 4.43. The van der Waals surface area contributed by atoms with E-state index < -0.39 is 0 Å². The minimum absolute atomic E-state index is 0.284. The molecule has 1 aromatic carbocycles. The molecule has 28 heavy (non-hydrogen) atoms. The number of hydrogen-bond acceptors (Lipinski definition) is 4. The van der Waals surface area contributed by atoms with Gasteiger partial charge in [-0.2, -0.15) is 0 Å². The molecular formula is C23H36N4O. The van der Waals surface area contributed by atoms with Gasteiger partial charge in [0.1, 0.15) is 0 Å². The lowest BCUT2D eigenvalue weighted by Gasteiger charge is -2.48. The number of hydrogen-bond donors (Lipinski definition) is 2. The zero-order chi connectivity index (χ0) is 19.5. The summed E-state index contributed by atoms with van der Waals surface area (Å²) in [6.07, 6.45) is 3.41. The van der Waals surface area contributed by atoms with E-state index in [9.17, 15) is 5.11 Å². The molecule has 0 amide bonds.